The van der Waals surface area contributed by atoms with Crippen LogP contribution in [0.3, 0.4) is 0 Å². The van der Waals surface area contributed by atoms with Crippen molar-refractivity contribution in [2.75, 3.05) is 26.9 Å². The van der Waals surface area contributed by atoms with Gasteiger partial charge < -0.3 is 9.47 Å². The van der Waals surface area contributed by atoms with Gasteiger partial charge in [-0.25, -0.2) is 0 Å². The van der Waals surface area contributed by atoms with Crippen LogP contribution in [0.2, 0.25) is 0 Å². The molecule has 0 radical (unpaired) electrons. The van der Waals surface area contributed by atoms with Crippen LogP contribution in [0.5, 0.6) is 0 Å². The molecule has 86 valence electrons. The van der Waals surface area contributed by atoms with Crippen LogP contribution in [-0.2, 0) is 15.9 Å². The van der Waals surface area contributed by atoms with Crippen LogP contribution < -0.4 is 11.3 Å². The molecular formula is C10H18N2O2S. The Morgan fingerprint density at radius 3 is 3.00 bits per heavy atom. The first kappa shape index (κ1) is 12.6. The summed E-state index contributed by atoms with van der Waals surface area (Å²) < 4.78 is 10.3. The predicted octanol–water partition coefficient (Wildman–Crippen LogP) is 0.786. The lowest BCUT2D eigenvalue weighted by atomic mass is 10.2. The molecule has 15 heavy (non-hydrogen) atoms. The number of methoxy groups -OCH3 is 1. The van der Waals surface area contributed by atoms with Gasteiger partial charge in [-0.3, -0.25) is 11.3 Å². The van der Waals surface area contributed by atoms with E-state index >= 15 is 0 Å². The van der Waals surface area contributed by atoms with Crippen molar-refractivity contribution in [3.8, 4) is 0 Å². The molecule has 1 heterocycles. The van der Waals surface area contributed by atoms with Gasteiger partial charge >= 0.3 is 0 Å². The number of ether oxygens (including phenoxy) is 2. The monoisotopic (exact) mass is 230 g/mol. The quantitative estimate of drug-likeness (QED) is 0.394. The van der Waals surface area contributed by atoms with Crippen molar-refractivity contribution in [1.29, 1.82) is 0 Å². The van der Waals surface area contributed by atoms with Gasteiger partial charge in [-0.05, 0) is 11.4 Å². The van der Waals surface area contributed by atoms with Crippen molar-refractivity contribution in [3.05, 3.63) is 22.4 Å². The van der Waals surface area contributed by atoms with Gasteiger partial charge in [0.15, 0.2) is 0 Å². The van der Waals surface area contributed by atoms with Crippen LogP contribution in [0.25, 0.3) is 0 Å². The lowest BCUT2D eigenvalue weighted by molar-refractivity contribution is 0.0588. The summed E-state index contributed by atoms with van der Waals surface area (Å²) in [7, 11) is 1.66. The van der Waals surface area contributed by atoms with E-state index in [1.54, 1.807) is 18.4 Å². The number of hydrogen-bond donors (Lipinski definition) is 2. The summed E-state index contributed by atoms with van der Waals surface area (Å²) in [6, 6.07) is 4.31. The second kappa shape index (κ2) is 7.78. The van der Waals surface area contributed by atoms with Crippen LogP contribution in [-0.4, -0.2) is 33.0 Å². The van der Waals surface area contributed by atoms with Crippen molar-refractivity contribution >= 4 is 11.3 Å². The summed E-state index contributed by atoms with van der Waals surface area (Å²) in [6.07, 6.45) is 0.904. The third kappa shape index (κ3) is 5.25. The molecule has 4 nitrogen and oxygen atoms in total. The standard InChI is InChI=1S/C10H18N2O2S/c1-13-4-5-14-8-9(12-11)7-10-3-2-6-15-10/h2-3,6,9,12H,4-5,7-8,11H2,1H3. The summed E-state index contributed by atoms with van der Waals surface area (Å²) in [5.41, 5.74) is 2.76. The molecule has 0 fully saturated rings. The molecule has 0 bridgehead atoms. The summed E-state index contributed by atoms with van der Waals surface area (Å²) in [5, 5.41) is 2.06. The highest BCUT2D eigenvalue weighted by Gasteiger charge is 2.08. The minimum absolute atomic E-state index is 0.167. The molecule has 0 saturated heterocycles. The number of rotatable bonds is 8. The SMILES string of the molecule is COCCOCC(Cc1cccs1)NN. The van der Waals surface area contributed by atoms with Crippen molar-refractivity contribution in [2.45, 2.75) is 12.5 Å². The van der Waals surface area contributed by atoms with E-state index in [1.165, 1.54) is 4.88 Å². The topological polar surface area (TPSA) is 56.5 Å². The molecule has 0 aromatic carbocycles. The van der Waals surface area contributed by atoms with E-state index in [9.17, 15) is 0 Å². The molecule has 1 atom stereocenters. The first-order valence-corrected chi connectivity index (χ1v) is 5.80. The maximum Gasteiger partial charge on any atom is 0.0701 e. The molecular weight excluding hydrogens is 212 g/mol. The number of thiophene rings is 1. The molecule has 3 N–H and O–H groups in total. The average molecular weight is 230 g/mol. The Bertz CT molecular complexity index is 242. The fraction of sp³-hybridized carbons (Fsp3) is 0.600. The van der Waals surface area contributed by atoms with E-state index in [4.69, 9.17) is 15.3 Å². The zero-order chi connectivity index (χ0) is 10.9. The molecule has 0 aliphatic heterocycles. The first-order valence-electron chi connectivity index (χ1n) is 4.92. The Kier molecular flexibility index (Phi) is 6.54. The van der Waals surface area contributed by atoms with Crippen molar-refractivity contribution in [1.82, 2.24) is 5.43 Å². The van der Waals surface area contributed by atoms with Gasteiger partial charge in [-0.15, -0.1) is 11.3 Å². The smallest absolute Gasteiger partial charge is 0.0701 e. The Morgan fingerprint density at radius 1 is 1.53 bits per heavy atom. The zero-order valence-corrected chi connectivity index (χ0v) is 9.76. The Hall–Kier alpha value is -0.460. The summed E-state index contributed by atoms with van der Waals surface area (Å²) in [5.74, 6) is 5.45. The third-order valence-corrected chi connectivity index (χ3v) is 2.91. The third-order valence-electron chi connectivity index (χ3n) is 2.01. The van der Waals surface area contributed by atoms with Crippen LogP contribution in [0, 0.1) is 0 Å². The minimum Gasteiger partial charge on any atom is -0.382 e. The van der Waals surface area contributed by atoms with E-state index in [-0.39, 0.29) is 6.04 Å². The molecule has 0 aliphatic carbocycles. The van der Waals surface area contributed by atoms with E-state index in [2.05, 4.69) is 16.9 Å². The summed E-state index contributed by atoms with van der Waals surface area (Å²) >= 11 is 1.73. The van der Waals surface area contributed by atoms with Gasteiger partial charge in [0.1, 0.15) is 0 Å². The van der Waals surface area contributed by atoms with Gasteiger partial charge in [0.05, 0.1) is 19.8 Å². The predicted molar refractivity (Wildman–Crippen MR) is 61.8 cm³/mol. The number of hydrazine groups is 1. The van der Waals surface area contributed by atoms with E-state index in [0.717, 1.165) is 6.42 Å². The van der Waals surface area contributed by atoms with Crippen molar-refractivity contribution in [3.63, 3.8) is 0 Å². The average Bonchev–Trinajstić information content (AvgIpc) is 2.75. The highest BCUT2D eigenvalue weighted by atomic mass is 32.1. The molecule has 0 saturated carbocycles. The van der Waals surface area contributed by atoms with Gasteiger partial charge in [-0.2, -0.15) is 0 Å². The van der Waals surface area contributed by atoms with E-state index in [1.807, 2.05) is 6.07 Å². The van der Waals surface area contributed by atoms with E-state index < -0.39 is 0 Å². The maximum atomic E-state index is 5.45. The largest absolute Gasteiger partial charge is 0.382 e. The molecule has 1 rings (SSSR count). The molecule has 0 spiro atoms. The van der Waals surface area contributed by atoms with Gasteiger partial charge in [-0.1, -0.05) is 6.07 Å². The van der Waals surface area contributed by atoms with Crippen LogP contribution in [0.15, 0.2) is 17.5 Å². The zero-order valence-electron chi connectivity index (χ0n) is 8.94. The molecule has 0 amide bonds. The first-order chi connectivity index (χ1) is 7.36. The Balaban J connectivity index is 2.18. The molecule has 0 aliphatic rings. The Morgan fingerprint density at radius 2 is 2.40 bits per heavy atom. The van der Waals surface area contributed by atoms with Gasteiger partial charge in [0.25, 0.3) is 0 Å². The summed E-state index contributed by atoms with van der Waals surface area (Å²) in [6.45, 7) is 1.84. The summed E-state index contributed by atoms with van der Waals surface area (Å²) in [4.78, 5) is 1.31. The minimum atomic E-state index is 0.167. The fourth-order valence-electron chi connectivity index (χ4n) is 1.21. The molecule has 1 unspecified atom stereocenters. The number of nitrogens with two attached hydrogens (primary N) is 1. The van der Waals surface area contributed by atoms with Crippen molar-refractivity contribution < 1.29 is 9.47 Å². The van der Waals surface area contributed by atoms with E-state index in [0.29, 0.717) is 19.8 Å². The lowest BCUT2D eigenvalue weighted by Crippen LogP contribution is -2.40. The molecule has 1 aromatic heterocycles. The van der Waals surface area contributed by atoms with Gasteiger partial charge in [0, 0.05) is 24.4 Å². The van der Waals surface area contributed by atoms with Crippen LogP contribution in [0.1, 0.15) is 4.88 Å². The number of hydrogen-bond acceptors (Lipinski definition) is 5. The van der Waals surface area contributed by atoms with Gasteiger partial charge in [0.2, 0.25) is 0 Å². The Labute approximate surface area is 94.3 Å². The van der Waals surface area contributed by atoms with Crippen molar-refractivity contribution in [2.24, 2.45) is 5.84 Å². The maximum absolute atomic E-state index is 5.45. The second-order valence-corrected chi connectivity index (χ2v) is 4.25. The lowest BCUT2D eigenvalue weighted by Gasteiger charge is -2.14. The highest BCUT2D eigenvalue weighted by Crippen LogP contribution is 2.10. The highest BCUT2D eigenvalue weighted by molar-refractivity contribution is 7.09. The molecule has 1 aromatic rings. The van der Waals surface area contributed by atoms with Crippen LogP contribution in [0.4, 0.5) is 0 Å². The van der Waals surface area contributed by atoms with Crippen LogP contribution >= 0.6 is 11.3 Å². The second-order valence-electron chi connectivity index (χ2n) is 3.21. The normalized spacial score (nSPS) is 12.9. The molecule has 5 heteroatoms. The number of nitrogens with one attached hydrogen (secondary N) is 1. The fourth-order valence-corrected chi connectivity index (χ4v) is 1.99.